The SMILES string of the molecule is CC[C@@H](N)c1ccc(Cl)c(Oc2ccc(NC(C)=O)nc2)c1F. The largest absolute Gasteiger partial charge is 0.451 e. The third-order valence-corrected chi connectivity index (χ3v) is 3.48. The molecule has 3 N–H and O–H groups in total. The van der Waals surface area contributed by atoms with E-state index in [4.69, 9.17) is 22.1 Å². The number of nitrogens with two attached hydrogens (primary N) is 1. The summed E-state index contributed by atoms with van der Waals surface area (Å²) in [7, 11) is 0. The molecule has 1 amide bonds. The lowest BCUT2D eigenvalue weighted by atomic mass is 10.0. The van der Waals surface area contributed by atoms with E-state index in [0.29, 0.717) is 23.6 Å². The Morgan fingerprint density at radius 2 is 2.17 bits per heavy atom. The number of nitrogens with zero attached hydrogens (tertiary/aromatic N) is 1. The lowest BCUT2D eigenvalue weighted by Crippen LogP contribution is -2.11. The van der Waals surface area contributed by atoms with Crippen molar-refractivity contribution in [2.45, 2.75) is 26.3 Å². The molecule has 0 aliphatic carbocycles. The fourth-order valence-corrected chi connectivity index (χ4v) is 2.14. The Morgan fingerprint density at radius 1 is 1.43 bits per heavy atom. The van der Waals surface area contributed by atoms with Crippen molar-refractivity contribution in [3.05, 3.63) is 46.9 Å². The highest BCUT2D eigenvalue weighted by Crippen LogP contribution is 2.35. The predicted octanol–water partition coefficient (Wildman–Crippen LogP) is 4.03. The fourth-order valence-electron chi connectivity index (χ4n) is 1.96. The first kappa shape index (κ1) is 17.2. The van der Waals surface area contributed by atoms with Crippen LogP contribution in [0, 0.1) is 5.82 Å². The zero-order chi connectivity index (χ0) is 17.0. The van der Waals surface area contributed by atoms with E-state index in [1.165, 1.54) is 13.1 Å². The van der Waals surface area contributed by atoms with Crippen LogP contribution in [-0.4, -0.2) is 10.9 Å². The quantitative estimate of drug-likeness (QED) is 0.863. The molecule has 1 aromatic heterocycles. The summed E-state index contributed by atoms with van der Waals surface area (Å²) in [6, 6.07) is 5.76. The first-order valence-corrected chi connectivity index (χ1v) is 7.45. The molecule has 0 fully saturated rings. The van der Waals surface area contributed by atoms with Crippen LogP contribution in [0.1, 0.15) is 31.9 Å². The summed E-state index contributed by atoms with van der Waals surface area (Å²) in [5.74, 6) is -0.248. The molecular weight excluding hydrogens is 321 g/mol. The Bertz CT molecular complexity index is 707. The van der Waals surface area contributed by atoms with Gasteiger partial charge in [0.2, 0.25) is 5.91 Å². The summed E-state index contributed by atoms with van der Waals surface area (Å²) in [5, 5.41) is 2.67. The molecule has 0 spiro atoms. The van der Waals surface area contributed by atoms with Gasteiger partial charge in [-0.05, 0) is 24.6 Å². The molecule has 0 aliphatic heterocycles. The Hall–Kier alpha value is -2.18. The summed E-state index contributed by atoms with van der Waals surface area (Å²) < 4.78 is 20.0. The molecule has 1 atom stereocenters. The molecule has 0 aliphatic rings. The van der Waals surface area contributed by atoms with E-state index in [-0.39, 0.29) is 16.7 Å². The predicted molar refractivity (Wildman–Crippen MR) is 87.2 cm³/mol. The minimum Gasteiger partial charge on any atom is -0.451 e. The zero-order valence-corrected chi connectivity index (χ0v) is 13.5. The van der Waals surface area contributed by atoms with Gasteiger partial charge in [0.15, 0.2) is 11.6 Å². The van der Waals surface area contributed by atoms with Crippen molar-refractivity contribution in [1.82, 2.24) is 4.98 Å². The van der Waals surface area contributed by atoms with Crippen LogP contribution in [0.5, 0.6) is 11.5 Å². The van der Waals surface area contributed by atoms with Gasteiger partial charge in [0.1, 0.15) is 11.6 Å². The van der Waals surface area contributed by atoms with E-state index in [0.717, 1.165) is 0 Å². The van der Waals surface area contributed by atoms with E-state index < -0.39 is 11.9 Å². The smallest absolute Gasteiger partial charge is 0.222 e. The molecule has 7 heteroatoms. The molecule has 0 radical (unpaired) electrons. The second kappa shape index (κ2) is 7.39. The number of carbonyl (C=O) groups is 1. The molecule has 0 saturated heterocycles. The number of halogens is 2. The van der Waals surface area contributed by atoms with E-state index >= 15 is 0 Å². The topological polar surface area (TPSA) is 77.2 Å². The number of hydrogen-bond acceptors (Lipinski definition) is 4. The monoisotopic (exact) mass is 337 g/mol. The molecule has 0 bridgehead atoms. The molecule has 2 aromatic rings. The Kier molecular flexibility index (Phi) is 5.52. The lowest BCUT2D eigenvalue weighted by molar-refractivity contribution is -0.114. The molecule has 0 saturated carbocycles. The maximum Gasteiger partial charge on any atom is 0.222 e. The second-order valence-corrected chi connectivity index (χ2v) is 5.36. The zero-order valence-electron chi connectivity index (χ0n) is 12.8. The highest BCUT2D eigenvalue weighted by Gasteiger charge is 2.18. The van der Waals surface area contributed by atoms with Crippen molar-refractivity contribution in [1.29, 1.82) is 0 Å². The van der Waals surface area contributed by atoms with Crippen LogP contribution >= 0.6 is 11.6 Å². The van der Waals surface area contributed by atoms with Gasteiger partial charge in [0.25, 0.3) is 0 Å². The van der Waals surface area contributed by atoms with E-state index in [9.17, 15) is 9.18 Å². The van der Waals surface area contributed by atoms with Crippen LogP contribution in [0.3, 0.4) is 0 Å². The summed E-state index contributed by atoms with van der Waals surface area (Å²) >= 11 is 6.02. The lowest BCUT2D eigenvalue weighted by Gasteiger charge is -2.15. The minimum atomic E-state index is -0.585. The third kappa shape index (κ3) is 4.18. The van der Waals surface area contributed by atoms with E-state index in [2.05, 4.69) is 10.3 Å². The number of hydrogen-bond donors (Lipinski definition) is 2. The second-order valence-electron chi connectivity index (χ2n) is 4.96. The molecule has 5 nitrogen and oxygen atoms in total. The fraction of sp³-hybridized carbons (Fsp3) is 0.250. The number of aromatic nitrogens is 1. The average molecular weight is 338 g/mol. The van der Waals surface area contributed by atoms with Crippen molar-refractivity contribution in [3.63, 3.8) is 0 Å². The number of pyridine rings is 1. The Labute approximate surface area is 138 Å². The maximum absolute atomic E-state index is 14.5. The van der Waals surface area contributed by atoms with Gasteiger partial charge in [-0.15, -0.1) is 0 Å². The summed E-state index contributed by atoms with van der Waals surface area (Å²) in [5.41, 5.74) is 6.22. The number of rotatable bonds is 5. The number of carbonyl (C=O) groups excluding carboxylic acids is 1. The van der Waals surface area contributed by atoms with E-state index in [1.807, 2.05) is 6.92 Å². The first-order chi connectivity index (χ1) is 10.9. The number of ether oxygens (including phenoxy) is 1. The maximum atomic E-state index is 14.5. The van der Waals surface area contributed by atoms with Crippen molar-refractivity contribution in [2.24, 2.45) is 5.73 Å². The highest BCUT2D eigenvalue weighted by molar-refractivity contribution is 6.32. The molecule has 122 valence electrons. The van der Waals surface area contributed by atoms with Crippen LogP contribution in [0.4, 0.5) is 10.2 Å². The summed E-state index contributed by atoms with van der Waals surface area (Å²) in [4.78, 5) is 14.9. The number of nitrogens with one attached hydrogen (secondary N) is 1. The summed E-state index contributed by atoms with van der Waals surface area (Å²) in [6.45, 7) is 3.24. The van der Waals surface area contributed by atoms with Gasteiger partial charge in [-0.3, -0.25) is 4.79 Å². The van der Waals surface area contributed by atoms with Crippen LogP contribution in [0.25, 0.3) is 0 Å². The van der Waals surface area contributed by atoms with Gasteiger partial charge < -0.3 is 15.8 Å². The van der Waals surface area contributed by atoms with Crippen LogP contribution in [-0.2, 0) is 4.79 Å². The average Bonchev–Trinajstić information content (AvgIpc) is 2.52. The molecular formula is C16H17ClFN3O2. The first-order valence-electron chi connectivity index (χ1n) is 7.07. The highest BCUT2D eigenvalue weighted by atomic mass is 35.5. The van der Waals surface area contributed by atoms with Gasteiger partial charge in [-0.25, -0.2) is 9.37 Å². The van der Waals surface area contributed by atoms with Gasteiger partial charge in [0.05, 0.1) is 11.2 Å². The third-order valence-electron chi connectivity index (χ3n) is 3.18. The Morgan fingerprint density at radius 3 is 2.74 bits per heavy atom. The van der Waals surface area contributed by atoms with Crippen molar-refractivity contribution in [2.75, 3.05) is 5.32 Å². The van der Waals surface area contributed by atoms with Crippen LogP contribution in [0.2, 0.25) is 5.02 Å². The van der Waals surface area contributed by atoms with Crippen molar-refractivity contribution in [3.8, 4) is 11.5 Å². The van der Waals surface area contributed by atoms with Gasteiger partial charge >= 0.3 is 0 Å². The molecule has 1 aromatic carbocycles. The number of benzene rings is 1. The number of anilines is 1. The van der Waals surface area contributed by atoms with E-state index in [1.54, 1.807) is 24.3 Å². The van der Waals surface area contributed by atoms with Crippen LogP contribution < -0.4 is 15.8 Å². The van der Waals surface area contributed by atoms with Gasteiger partial charge in [0, 0.05) is 18.5 Å². The standard InChI is InChI=1S/C16H17ClFN3O2/c1-3-13(19)11-5-6-12(17)16(15(11)18)23-10-4-7-14(20-8-10)21-9(2)22/h4-8,13H,3,19H2,1-2H3,(H,20,21,22)/t13-/m1/s1. The number of amides is 1. The normalized spacial score (nSPS) is 11.9. The Balaban J connectivity index is 2.27. The van der Waals surface area contributed by atoms with Crippen LogP contribution in [0.15, 0.2) is 30.5 Å². The summed E-state index contributed by atoms with van der Waals surface area (Å²) in [6.07, 6.45) is 1.96. The molecule has 23 heavy (non-hydrogen) atoms. The molecule has 1 heterocycles. The van der Waals surface area contributed by atoms with Gasteiger partial charge in [-0.2, -0.15) is 0 Å². The minimum absolute atomic E-state index is 0.0952. The molecule has 2 rings (SSSR count). The van der Waals surface area contributed by atoms with Crippen molar-refractivity contribution >= 4 is 23.3 Å². The van der Waals surface area contributed by atoms with Gasteiger partial charge in [-0.1, -0.05) is 24.6 Å². The van der Waals surface area contributed by atoms with Crippen molar-refractivity contribution < 1.29 is 13.9 Å². The molecule has 0 unspecified atom stereocenters.